The normalized spacial score (nSPS) is 11.5. The summed E-state index contributed by atoms with van der Waals surface area (Å²) in [5.74, 6) is 0. The van der Waals surface area contributed by atoms with Crippen LogP contribution in [0.15, 0.2) is 78.9 Å². The minimum absolute atomic E-state index is 0.798. The fourth-order valence-corrected chi connectivity index (χ4v) is 4.65. The van der Waals surface area contributed by atoms with E-state index in [0.717, 1.165) is 5.69 Å². The van der Waals surface area contributed by atoms with Crippen LogP contribution in [0.25, 0.3) is 42.1 Å². The van der Waals surface area contributed by atoms with Crippen molar-refractivity contribution in [1.82, 2.24) is 0 Å². The van der Waals surface area contributed by atoms with E-state index in [1.165, 1.54) is 42.1 Å². The van der Waals surface area contributed by atoms with E-state index >= 15 is 0 Å². The summed E-state index contributed by atoms with van der Waals surface area (Å²) >= 11 is 1.86. The van der Waals surface area contributed by atoms with E-state index in [0.29, 0.717) is 0 Å². The maximum atomic E-state index is 6.03. The molecule has 0 amide bonds. The smallest absolute Gasteiger partial charge is 0.0362 e. The largest absolute Gasteiger partial charge is 0.399 e. The molecular weight excluding hydrogens is 310 g/mol. The van der Waals surface area contributed by atoms with Gasteiger partial charge >= 0.3 is 0 Å². The Morgan fingerprint density at radius 3 is 2.46 bits per heavy atom. The zero-order chi connectivity index (χ0) is 16.1. The molecule has 1 nitrogen and oxygen atoms in total. The lowest BCUT2D eigenvalue weighted by molar-refractivity contribution is 1.65. The monoisotopic (exact) mass is 325 g/mol. The molecule has 2 N–H and O–H groups in total. The highest BCUT2D eigenvalue weighted by atomic mass is 32.1. The first-order valence-corrected chi connectivity index (χ1v) is 8.82. The second-order valence-corrected chi connectivity index (χ2v) is 7.15. The Bertz CT molecular complexity index is 1220. The molecule has 1 heterocycles. The van der Waals surface area contributed by atoms with Crippen LogP contribution in [0.4, 0.5) is 5.69 Å². The van der Waals surface area contributed by atoms with Crippen molar-refractivity contribution in [2.24, 2.45) is 0 Å². The third-order valence-electron chi connectivity index (χ3n) is 4.58. The predicted molar refractivity (Wildman–Crippen MR) is 107 cm³/mol. The van der Waals surface area contributed by atoms with E-state index in [-0.39, 0.29) is 0 Å². The molecule has 0 saturated heterocycles. The van der Waals surface area contributed by atoms with Gasteiger partial charge < -0.3 is 5.73 Å². The van der Waals surface area contributed by atoms with Crippen LogP contribution in [0.5, 0.6) is 0 Å². The van der Waals surface area contributed by atoms with Gasteiger partial charge in [0.1, 0.15) is 0 Å². The molecule has 0 saturated carbocycles. The number of nitrogen functional groups attached to an aromatic ring is 1. The minimum Gasteiger partial charge on any atom is -0.399 e. The summed E-state index contributed by atoms with van der Waals surface area (Å²) in [6.45, 7) is 0. The van der Waals surface area contributed by atoms with Gasteiger partial charge in [-0.2, -0.15) is 0 Å². The van der Waals surface area contributed by atoms with E-state index in [1.54, 1.807) is 0 Å². The van der Waals surface area contributed by atoms with Crippen LogP contribution < -0.4 is 5.73 Å². The van der Waals surface area contributed by atoms with Gasteiger partial charge in [0, 0.05) is 25.9 Å². The Labute approximate surface area is 144 Å². The molecule has 0 fully saturated rings. The number of nitrogens with two attached hydrogens (primary N) is 1. The van der Waals surface area contributed by atoms with Crippen molar-refractivity contribution in [3.05, 3.63) is 78.9 Å². The van der Waals surface area contributed by atoms with Gasteiger partial charge in [0.2, 0.25) is 0 Å². The summed E-state index contributed by atoms with van der Waals surface area (Å²) in [6, 6.07) is 27.8. The Morgan fingerprint density at radius 1 is 0.667 bits per heavy atom. The summed E-state index contributed by atoms with van der Waals surface area (Å²) < 4.78 is 2.67. The van der Waals surface area contributed by atoms with Crippen LogP contribution in [-0.4, -0.2) is 0 Å². The van der Waals surface area contributed by atoms with Gasteiger partial charge in [-0.15, -0.1) is 11.3 Å². The first kappa shape index (κ1) is 13.6. The maximum Gasteiger partial charge on any atom is 0.0362 e. The number of hydrogen-bond donors (Lipinski definition) is 1. The Morgan fingerprint density at radius 2 is 1.54 bits per heavy atom. The summed E-state index contributed by atoms with van der Waals surface area (Å²) in [4.78, 5) is 0. The van der Waals surface area contributed by atoms with E-state index < -0.39 is 0 Å². The Hall–Kier alpha value is -2.84. The highest BCUT2D eigenvalue weighted by Crippen LogP contribution is 2.42. The first-order valence-electron chi connectivity index (χ1n) is 8.00. The molecular formula is C22H15NS. The molecule has 0 bridgehead atoms. The van der Waals surface area contributed by atoms with Crippen LogP contribution >= 0.6 is 11.3 Å². The number of benzene rings is 4. The van der Waals surface area contributed by atoms with E-state index in [4.69, 9.17) is 5.73 Å². The summed E-state index contributed by atoms with van der Waals surface area (Å²) in [6.07, 6.45) is 0. The third kappa shape index (κ3) is 1.93. The van der Waals surface area contributed by atoms with Crippen molar-refractivity contribution < 1.29 is 0 Å². The van der Waals surface area contributed by atoms with Crippen LogP contribution in [0.1, 0.15) is 0 Å². The SMILES string of the molecule is Nc1cccc(-c2cccc3ccc4sc5ccccc5c4c23)c1. The van der Waals surface area contributed by atoms with Crippen LogP contribution in [0.2, 0.25) is 0 Å². The molecule has 1 aromatic heterocycles. The standard InChI is InChI=1S/C22H15NS/c23-16-7-3-6-15(13-16)17-9-4-5-14-11-12-20-22(21(14)17)18-8-1-2-10-19(18)24-20/h1-13H,23H2. The summed E-state index contributed by atoms with van der Waals surface area (Å²) in [5, 5.41) is 5.27. The number of hydrogen-bond acceptors (Lipinski definition) is 2. The highest BCUT2D eigenvalue weighted by molar-refractivity contribution is 7.26. The lowest BCUT2D eigenvalue weighted by Gasteiger charge is -2.09. The topological polar surface area (TPSA) is 26.0 Å². The van der Waals surface area contributed by atoms with Crippen molar-refractivity contribution in [1.29, 1.82) is 0 Å². The molecule has 5 rings (SSSR count). The summed E-state index contributed by atoms with van der Waals surface area (Å²) in [5.41, 5.74) is 9.24. The highest BCUT2D eigenvalue weighted by Gasteiger charge is 2.12. The molecule has 0 aliphatic rings. The number of thiophene rings is 1. The predicted octanol–water partition coefficient (Wildman–Crippen LogP) is 6.46. The third-order valence-corrected chi connectivity index (χ3v) is 5.72. The first-order chi connectivity index (χ1) is 11.8. The maximum absolute atomic E-state index is 6.03. The average molecular weight is 325 g/mol. The number of rotatable bonds is 1. The second-order valence-electron chi connectivity index (χ2n) is 6.07. The second kappa shape index (κ2) is 5.08. The fourth-order valence-electron chi connectivity index (χ4n) is 3.54. The van der Waals surface area contributed by atoms with E-state index in [9.17, 15) is 0 Å². The van der Waals surface area contributed by atoms with E-state index in [1.807, 2.05) is 23.5 Å². The van der Waals surface area contributed by atoms with Gasteiger partial charge in [0.05, 0.1) is 0 Å². The molecule has 0 atom stereocenters. The van der Waals surface area contributed by atoms with Gasteiger partial charge in [-0.1, -0.05) is 54.6 Å². The molecule has 0 unspecified atom stereocenters. The molecule has 0 aliphatic carbocycles. The molecule has 0 radical (unpaired) electrons. The van der Waals surface area contributed by atoms with Crippen molar-refractivity contribution in [2.45, 2.75) is 0 Å². The molecule has 0 aliphatic heterocycles. The molecule has 114 valence electrons. The van der Waals surface area contributed by atoms with Gasteiger partial charge in [-0.05, 0) is 46.2 Å². The average Bonchev–Trinajstić information content (AvgIpc) is 3.00. The van der Waals surface area contributed by atoms with Crippen molar-refractivity contribution in [2.75, 3.05) is 5.73 Å². The van der Waals surface area contributed by atoms with E-state index in [2.05, 4.69) is 66.7 Å². The Kier molecular flexibility index (Phi) is 2.88. The van der Waals surface area contributed by atoms with Crippen molar-refractivity contribution in [3.63, 3.8) is 0 Å². The summed E-state index contributed by atoms with van der Waals surface area (Å²) in [7, 11) is 0. The quantitative estimate of drug-likeness (QED) is 0.352. The van der Waals surface area contributed by atoms with Crippen LogP contribution in [0.3, 0.4) is 0 Å². The molecule has 4 aromatic carbocycles. The van der Waals surface area contributed by atoms with Gasteiger partial charge in [0.25, 0.3) is 0 Å². The number of fused-ring (bicyclic) bond motifs is 5. The molecule has 2 heteroatoms. The van der Waals surface area contributed by atoms with Gasteiger partial charge in [0.15, 0.2) is 0 Å². The van der Waals surface area contributed by atoms with Gasteiger partial charge in [-0.3, -0.25) is 0 Å². The van der Waals surface area contributed by atoms with Crippen LogP contribution in [-0.2, 0) is 0 Å². The van der Waals surface area contributed by atoms with Crippen molar-refractivity contribution >= 4 is 48.0 Å². The molecule has 5 aromatic rings. The lowest BCUT2D eigenvalue weighted by Crippen LogP contribution is -1.86. The number of anilines is 1. The van der Waals surface area contributed by atoms with Crippen molar-refractivity contribution in [3.8, 4) is 11.1 Å². The zero-order valence-corrected chi connectivity index (χ0v) is 13.8. The van der Waals surface area contributed by atoms with Crippen LogP contribution in [0, 0.1) is 0 Å². The lowest BCUT2D eigenvalue weighted by atomic mass is 9.94. The Balaban J connectivity index is 2.01. The minimum atomic E-state index is 0.798. The van der Waals surface area contributed by atoms with Gasteiger partial charge in [-0.25, -0.2) is 0 Å². The fraction of sp³-hybridized carbons (Fsp3) is 0. The zero-order valence-electron chi connectivity index (χ0n) is 13.0. The molecule has 0 spiro atoms. The molecule has 24 heavy (non-hydrogen) atoms.